The van der Waals surface area contributed by atoms with Gasteiger partial charge in [0.05, 0.1) is 27.6 Å². The van der Waals surface area contributed by atoms with Crippen LogP contribution in [0.2, 0.25) is 0 Å². The van der Waals surface area contributed by atoms with E-state index in [4.69, 9.17) is 0 Å². The topological polar surface area (TPSA) is 191 Å². The number of carbonyl (C=O) groups is 2. The minimum absolute atomic E-state index is 0.162. The Balaban J connectivity index is 2.48. The quantitative estimate of drug-likeness (QED) is 0.374. The highest BCUT2D eigenvalue weighted by molar-refractivity contribution is 6.37. The van der Waals surface area contributed by atoms with Gasteiger partial charge < -0.3 is 19.8 Å². The summed E-state index contributed by atoms with van der Waals surface area (Å²) in [5.74, 6) is -3.90. The molecule has 0 bridgehead atoms. The second-order valence-corrected chi connectivity index (χ2v) is 7.54. The van der Waals surface area contributed by atoms with Crippen LogP contribution in [0.3, 0.4) is 0 Å². The van der Waals surface area contributed by atoms with Gasteiger partial charge in [-0.05, 0) is 24.3 Å². The Kier molecular flexibility index (Phi) is 5.58. The van der Waals surface area contributed by atoms with E-state index >= 15 is 0 Å². The lowest BCUT2D eigenvalue weighted by Crippen LogP contribution is -2.51. The predicted octanol–water partition coefficient (Wildman–Crippen LogP) is 0.213. The molecule has 1 saturated carbocycles. The second kappa shape index (κ2) is 7.45. The average Bonchev–Trinajstić information content (AvgIpc) is 2.84. The van der Waals surface area contributed by atoms with E-state index < -0.39 is 55.6 Å². The van der Waals surface area contributed by atoms with E-state index in [2.05, 4.69) is 10.5 Å². The van der Waals surface area contributed by atoms with E-state index in [1.807, 2.05) is 0 Å². The maximum atomic E-state index is 11.8. The van der Waals surface area contributed by atoms with E-state index in [9.17, 15) is 40.0 Å². The summed E-state index contributed by atoms with van der Waals surface area (Å²) in [5.41, 5.74) is -2.01. The van der Waals surface area contributed by atoms with Crippen LogP contribution in [0.15, 0.2) is 23.3 Å². The molecule has 0 spiro atoms. The van der Waals surface area contributed by atoms with Crippen molar-refractivity contribution in [3.63, 3.8) is 0 Å². The zero-order chi connectivity index (χ0) is 22.1. The zero-order valence-corrected chi connectivity index (χ0v) is 15.8. The fraction of sp³-hybridized carbons (Fsp3) is 0.471. The molecule has 1 aromatic carbocycles. The predicted molar refractivity (Wildman–Crippen MR) is 95.4 cm³/mol. The highest BCUT2D eigenvalue weighted by Gasteiger charge is 2.55. The number of nitro groups is 2. The molecule has 12 nitrogen and oxygen atoms in total. The SMILES string of the molecule is CC1(C)[C@H](C(=O)[O-])CC[C@]1(C)C(=NNc1ccc([N+](=O)[O-])cc1[N+](=O)[O-])C(=O)[O-]. The van der Waals surface area contributed by atoms with Crippen LogP contribution in [0.1, 0.15) is 33.6 Å². The van der Waals surface area contributed by atoms with Crippen LogP contribution in [0.5, 0.6) is 0 Å². The van der Waals surface area contributed by atoms with Crippen molar-refractivity contribution in [3.8, 4) is 0 Å². The number of benzene rings is 1. The summed E-state index contributed by atoms with van der Waals surface area (Å²) in [6.45, 7) is 4.68. The number of carboxylic acid groups (broad SMARTS) is 2. The van der Waals surface area contributed by atoms with Crippen LogP contribution in [0.25, 0.3) is 0 Å². The minimum Gasteiger partial charge on any atom is -0.550 e. The van der Waals surface area contributed by atoms with Crippen molar-refractivity contribution in [1.82, 2.24) is 0 Å². The number of anilines is 1. The van der Waals surface area contributed by atoms with Crippen molar-refractivity contribution in [2.45, 2.75) is 33.6 Å². The van der Waals surface area contributed by atoms with Crippen LogP contribution in [0.4, 0.5) is 17.1 Å². The van der Waals surface area contributed by atoms with Crippen LogP contribution < -0.4 is 15.6 Å². The normalized spacial score (nSPS) is 23.4. The molecule has 0 aliphatic heterocycles. The second-order valence-electron chi connectivity index (χ2n) is 7.54. The molecule has 0 unspecified atom stereocenters. The van der Waals surface area contributed by atoms with Crippen molar-refractivity contribution in [2.75, 3.05) is 5.43 Å². The Bertz CT molecular complexity index is 926. The molecule has 29 heavy (non-hydrogen) atoms. The molecule has 1 aliphatic rings. The number of carboxylic acids is 2. The summed E-state index contributed by atoms with van der Waals surface area (Å²) in [4.78, 5) is 43.5. The van der Waals surface area contributed by atoms with Gasteiger partial charge in [-0.2, -0.15) is 5.10 Å². The Labute approximate surface area is 164 Å². The molecule has 12 heteroatoms. The number of hydrogen-bond donors (Lipinski definition) is 1. The molecule has 1 aromatic rings. The zero-order valence-electron chi connectivity index (χ0n) is 15.8. The van der Waals surface area contributed by atoms with Crippen molar-refractivity contribution < 1.29 is 29.6 Å². The summed E-state index contributed by atoms with van der Waals surface area (Å²) in [6, 6.07) is 2.74. The van der Waals surface area contributed by atoms with Crippen LogP contribution in [-0.4, -0.2) is 27.5 Å². The largest absolute Gasteiger partial charge is 0.550 e. The monoisotopic (exact) mass is 406 g/mol. The molecule has 0 amide bonds. The lowest BCUT2D eigenvalue weighted by molar-refractivity contribution is -0.393. The highest BCUT2D eigenvalue weighted by Crippen LogP contribution is 2.56. The molecule has 0 radical (unpaired) electrons. The number of hydrogen-bond acceptors (Lipinski definition) is 10. The van der Waals surface area contributed by atoms with Gasteiger partial charge in [-0.25, -0.2) is 0 Å². The molecule has 1 fully saturated rings. The first-order valence-corrected chi connectivity index (χ1v) is 8.52. The Morgan fingerprint density at radius 3 is 2.21 bits per heavy atom. The van der Waals surface area contributed by atoms with Crippen molar-refractivity contribution in [1.29, 1.82) is 0 Å². The molecular formula is C17H18N4O8-2. The molecule has 2 atom stereocenters. The third-order valence-electron chi connectivity index (χ3n) is 5.90. The smallest absolute Gasteiger partial charge is 0.301 e. The summed E-state index contributed by atoms with van der Waals surface area (Å²) in [5, 5.41) is 49.0. The summed E-state index contributed by atoms with van der Waals surface area (Å²) in [7, 11) is 0. The Morgan fingerprint density at radius 2 is 1.76 bits per heavy atom. The number of rotatable bonds is 7. The summed E-state index contributed by atoms with van der Waals surface area (Å²) in [6.07, 6.45) is 0.325. The van der Waals surface area contributed by atoms with Crippen LogP contribution in [-0.2, 0) is 9.59 Å². The van der Waals surface area contributed by atoms with Crippen molar-refractivity contribution in [3.05, 3.63) is 38.4 Å². The van der Waals surface area contributed by atoms with Gasteiger partial charge in [0.1, 0.15) is 5.69 Å². The first kappa shape index (κ1) is 21.7. The van der Waals surface area contributed by atoms with Gasteiger partial charge in [0.15, 0.2) is 0 Å². The van der Waals surface area contributed by atoms with Crippen molar-refractivity contribution in [2.24, 2.45) is 21.8 Å². The molecule has 0 aromatic heterocycles. The highest BCUT2D eigenvalue weighted by atomic mass is 16.6. The summed E-state index contributed by atoms with van der Waals surface area (Å²) >= 11 is 0. The van der Waals surface area contributed by atoms with Gasteiger partial charge in [0, 0.05) is 23.4 Å². The van der Waals surface area contributed by atoms with E-state index in [-0.39, 0.29) is 18.5 Å². The van der Waals surface area contributed by atoms with Crippen LogP contribution in [0, 0.1) is 37.0 Å². The van der Waals surface area contributed by atoms with E-state index in [0.29, 0.717) is 6.07 Å². The van der Waals surface area contributed by atoms with Crippen LogP contribution >= 0.6 is 0 Å². The number of nitrogens with zero attached hydrogens (tertiary/aromatic N) is 3. The van der Waals surface area contributed by atoms with Gasteiger partial charge in [0.2, 0.25) is 0 Å². The molecule has 1 aliphatic carbocycles. The molecule has 0 saturated heterocycles. The van der Waals surface area contributed by atoms with Crippen molar-refractivity contribution >= 4 is 34.7 Å². The fourth-order valence-electron chi connectivity index (χ4n) is 3.73. The van der Waals surface area contributed by atoms with E-state index in [1.54, 1.807) is 13.8 Å². The van der Waals surface area contributed by atoms with E-state index in [0.717, 1.165) is 12.1 Å². The maximum absolute atomic E-state index is 11.8. The third kappa shape index (κ3) is 3.73. The number of aliphatic carboxylic acids is 2. The minimum atomic E-state index is -1.67. The standard InChI is InChI=1S/C17H20N4O8/c1-16(2)10(14(22)23)6-7-17(16,3)13(15(24)25)19-18-11-5-4-9(20(26)27)8-12(11)21(28)29/h4-5,8,10,18H,6-7H2,1-3H3,(H,22,23)(H,24,25)/p-2/t10-,17+/m0/s1. The number of non-ortho nitro benzene ring substituents is 1. The van der Waals surface area contributed by atoms with Gasteiger partial charge >= 0.3 is 5.69 Å². The maximum Gasteiger partial charge on any atom is 0.301 e. The molecule has 0 heterocycles. The summed E-state index contributed by atoms with van der Waals surface area (Å²) < 4.78 is 0. The van der Waals surface area contributed by atoms with E-state index in [1.165, 1.54) is 6.92 Å². The molecule has 2 rings (SSSR count). The Morgan fingerprint density at radius 1 is 1.14 bits per heavy atom. The third-order valence-corrected chi connectivity index (χ3v) is 5.90. The number of hydrazone groups is 1. The van der Waals surface area contributed by atoms with Gasteiger partial charge in [-0.1, -0.05) is 20.8 Å². The van der Waals surface area contributed by atoms with Gasteiger partial charge in [-0.15, -0.1) is 0 Å². The fourth-order valence-corrected chi connectivity index (χ4v) is 3.73. The number of carbonyl (C=O) groups excluding carboxylic acids is 2. The first-order valence-electron chi connectivity index (χ1n) is 8.52. The number of nitro benzene ring substituents is 2. The average molecular weight is 406 g/mol. The van der Waals surface area contributed by atoms with Gasteiger partial charge in [-0.3, -0.25) is 25.7 Å². The Hall–Kier alpha value is -3.57. The van der Waals surface area contributed by atoms with Gasteiger partial charge in [0.25, 0.3) is 5.69 Å². The molecular weight excluding hydrogens is 388 g/mol. The number of nitrogens with one attached hydrogen (secondary N) is 1. The first-order chi connectivity index (χ1) is 13.3. The molecule has 156 valence electrons. The molecule has 1 N–H and O–H groups in total. The lowest BCUT2D eigenvalue weighted by Gasteiger charge is -2.43. The lowest BCUT2D eigenvalue weighted by atomic mass is 9.63.